The molecule has 0 spiro atoms. The lowest BCUT2D eigenvalue weighted by molar-refractivity contribution is -0.141. The molecule has 1 atom stereocenters. The minimum absolute atomic E-state index is 0.176. The molecule has 4 heteroatoms. The van der Waals surface area contributed by atoms with Crippen LogP contribution in [0.15, 0.2) is 25.5 Å². The van der Waals surface area contributed by atoms with E-state index in [2.05, 4.69) is 17.9 Å². The zero-order chi connectivity index (χ0) is 12.4. The minimum atomic E-state index is -0.786. The minimum Gasteiger partial charge on any atom is -0.481 e. The Balaban J connectivity index is 3.70. The number of unbranched alkanes of at least 4 members (excludes halogenated alkanes) is 2. The first-order chi connectivity index (χ1) is 7.61. The maximum Gasteiger partial charge on any atom is 0.317 e. The van der Waals surface area contributed by atoms with Crippen LogP contribution in [0.25, 0.3) is 0 Å². The van der Waals surface area contributed by atoms with Crippen molar-refractivity contribution in [1.82, 2.24) is 0 Å². The average molecular weight is 226 g/mol. The van der Waals surface area contributed by atoms with Crippen LogP contribution in [0.5, 0.6) is 0 Å². The zero-order valence-electron chi connectivity index (χ0n) is 9.35. The van der Waals surface area contributed by atoms with Crippen LogP contribution in [0, 0.1) is 5.92 Å². The standard InChI is InChI=1S/C12H18O4/c1-3-10(12(15)16-4-2)8-6-5-7-9-11(13)14/h3-4,10H,1-2,5-9H2,(H,13,14). The Labute approximate surface area is 95.6 Å². The van der Waals surface area contributed by atoms with Crippen molar-refractivity contribution in [2.45, 2.75) is 32.1 Å². The molecule has 0 heterocycles. The third kappa shape index (κ3) is 6.81. The van der Waals surface area contributed by atoms with Crippen LogP contribution in [0.1, 0.15) is 32.1 Å². The van der Waals surface area contributed by atoms with Gasteiger partial charge in [-0.2, -0.15) is 0 Å². The predicted molar refractivity (Wildman–Crippen MR) is 60.7 cm³/mol. The second-order valence-corrected chi connectivity index (χ2v) is 3.44. The summed E-state index contributed by atoms with van der Waals surface area (Å²) in [5, 5.41) is 8.42. The molecule has 0 bridgehead atoms. The summed E-state index contributed by atoms with van der Waals surface area (Å²) in [5.41, 5.74) is 0. The van der Waals surface area contributed by atoms with Gasteiger partial charge in [0.15, 0.2) is 0 Å². The topological polar surface area (TPSA) is 63.6 Å². The number of ether oxygens (including phenoxy) is 1. The van der Waals surface area contributed by atoms with Crippen LogP contribution < -0.4 is 0 Å². The summed E-state index contributed by atoms with van der Waals surface area (Å²) in [6.45, 7) is 6.87. The molecule has 4 nitrogen and oxygen atoms in total. The van der Waals surface area contributed by atoms with E-state index in [1.807, 2.05) is 0 Å². The van der Waals surface area contributed by atoms with Gasteiger partial charge in [-0.15, -0.1) is 6.58 Å². The molecule has 0 aromatic carbocycles. The van der Waals surface area contributed by atoms with Crippen molar-refractivity contribution in [2.24, 2.45) is 5.92 Å². The summed E-state index contributed by atoms with van der Waals surface area (Å²) in [4.78, 5) is 21.5. The molecule has 0 saturated carbocycles. The Hall–Kier alpha value is -1.58. The summed E-state index contributed by atoms with van der Waals surface area (Å²) < 4.78 is 4.65. The first kappa shape index (κ1) is 14.4. The number of carbonyl (C=O) groups excluding carboxylic acids is 1. The van der Waals surface area contributed by atoms with Crippen molar-refractivity contribution in [1.29, 1.82) is 0 Å². The summed E-state index contributed by atoms with van der Waals surface area (Å²) in [7, 11) is 0. The molecule has 0 fully saturated rings. The molecular weight excluding hydrogens is 208 g/mol. The summed E-state index contributed by atoms with van der Waals surface area (Å²) in [6, 6.07) is 0. The Morgan fingerprint density at radius 3 is 2.44 bits per heavy atom. The van der Waals surface area contributed by atoms with Crippen molar-refractivity contribution >= 4 is 11.9 Å². The van der Waals surface area contributed by atoms with Gasteiger partial charge in [0.2, 0.25) is 0 Å². The molecule has 90 valence electrons. The van der Waals surface area contributed by atoms with Gasteiger partial charge in [0.1, 0.15) is 0 Å². The molecule has 0 rings (SSSR count). The van der Waals surface area contributed by atoms with E-state index in [-0.39, 0.29) is 18.3 Å². The van der Waals surface area contributed by atoms with Gasteiger partial charge in [0.25, 0.3) is 0 Å². The van der Waals surface area contributed by atoms with Gasteiger partial charge in [-0.3, -0.25) is 9.59 Å². The quantitative estimate of drug-likeness (QED) is 0.284. The number of hydrogen-bond donors (Lipinski definition) is 1. The highest BCUT2D eigenvalue weighted by atomic mass is 16.5. The van der Waals surface area contributed by atoms with Crippen LogP contribution in [0.2, 0.25) is 0 Å². The molecule has 0 radical (unpaired) electrons. The third-order valence-electron chi connectivity index (χ3n) is 2.19. The second kappa shape index (κ2) is 8.71. The molecule has 0 saturated heterocycles. The second-order valence-electron chi connectivity index (χ2n) is 3.44. The maximum absolute atomic E-state index is 11.3. The number of carbonyl (C=O) groups is 2. The normalized spacial score (nSPS) is 11.5. The predicted octanol–water partition coefficient (Wildman–Crippen LogP) is 2.51. The van der Waals surface area contributed by atoms with Crippen molar-refractivity contribution in [2.75, 3.05) is 0 Å². The highest BCUT2D eigenvalue weighted by Gasteiger charge is 2.14. The lowest BCUT2D eigenvalue weighted by Crippen LogP contribution is -2.13. The molecule has 0 aromatic heterocycles. The Morgan fingerprint density at radius 1 is 1.25 bits per heavy atom. The van der Waals surface area contributed by atoms with Gasteiger partial charge in [0.05, 0.1) is 12.2 Å². The lowest BCUT2D eigenvalue weighted by atomic mass is 10.0. The van der Waals surface area contributed by atoms with E-state index in [1.165, 1.54) is 0 Å². The van der Waals surface area contributed by atoms with E-state index < -0.39 is 5.97 Å². The Kier molecular flexibility index (Phi) is 7.85. The number of hydrogen-bond acceptors (Lipinski definition) is 3. The largest absolute Gasteiger partial charge is 0.481 e. The maximum atomic E-state index is 11.3. The van der Waals surface area contributed by atoms with Crippen LogP contribution in [0.3, 0.4) is 0 Å². The third-order valence-corrected chi connectivity index (χ3v) is 2.19. The lowest BCUT2D eigenvalue weighted by Gasteiger charge is -2.09. The van der Waals surface area contributed by atoms with Crippen LogP contribution in [-0.2, 0) is 14.3 Å². The fourth-order valence-electron chi connectivity index (χ4n) is 1.32. The van der Waals surface area contributed by atoms with Crippen molar-refractivity contribution < 1.29 is 19.4 Å². The van der Waals surface area contributed by atoms with Gasteiger partial charge in [0, 0.05) is 6.42 Å². The molecule has 1 N–H and O–H groups in total. The Morgan fingerprint density at radius 2 is 1.94 bits per heavy atom. The molecule has 0 aromatic rings. The smallest absolute Gasteiger partial charge is 0.317 e. The monoisotopic (exact) mass is 226 g/mol. The van der Waals surface area contributed by atoms with E-state index in [9.17, 15) is 9.59 Å². The number of esters is 1. The van der Waals surface area contributed by atoms with Crippen molar-refractivity contribution in [3.63, 3.8) is 0 Å². The summed E-state index contributed by atoms with van der Waals surface area (Å²) >= 11 is 0. The van der Waals surface area contributed by atoms with Gasteiger partial charge < -0.3 is 9.84 Å². The van der Waals surface area contributed by atoms with Crippen molar-refractivity contribution in [3.05, 3.63) is 25.5 Å². The van der Waals surface area contributed by atoms with E-state index >= 15 is 0 Å². The van der Waals surface area contributed by atoms with Gasteiger partial charge in [-0.1, -0.05) is 25.5 Å². The fourth-order valence-corrected chi connectivity index (χ4v) is 1.32. The van der Waals surface area contributed by atoms with E-state index in [0.29, 0.717) is 12.8 Å². The number of aliphatic carboxylic acids is 1. The molecular formula is C12H18O4. The number of carboxylic acids is 1. The van der Waals surface area contributed by atoms with Crippen LogP contribution in [0.4, 0.5) is 0 Å². The SMILES string of the molecule is C=COC(=O)C(C=C)CCCCCC(=O)O. The molecule has 0 aliphatic carbocycles. The molecule has 0 amide bonds. The first-order valence-electron chi connectivity index (χ1n) is 5.27. The van der Waals surface area contributed by atoms with Gasteiger partial charge in [-0.05, 0) is 12.8 Å². The molecule has 0 aliphatic heterocycles. The highest BCUT2D eigenvalue weighted by Crippen LogP contribution is 2.13. The first-order valence-corrected chi connectivity index (χ1v) is 5.27. The summed E-state index contributed by atoms with van der Waals surface area (Å²) in [6.07, 6.45) is 5.67. The zero-order valence-corrected chi connectivity index (χ0v) is 9.35. The average Bonchev–Trinajstić information content (AvgIpc) is 2.23. The highest BCUT2D eigenvalue weighted by molar-refractivity contribution is 5.74. The number of rotatable bonds is 9. The molecule has 16 heavy (non-hydrogen) atoms. The van der Waals surface area contributed by atoms with E-state index in [1.54, 1.807) is 6.08 Å². The van der Waals surface area contributed by atoms with E-state index in [4.69, 9.17) is 5.11 Å². The Bertz CT molecular complexity index is 258. The summed E-state index contributed by atoms with van der Waals surface area (Å²) in [5.74, 6) is -1.47. The van der Waals surface area contributed by atoms with Gasteiger partial charge in [-0.25, -0.2) is 0 Å². The van der Waals surface area contributed by atoms with Gasteiger partial charge >= 0.3 is 11.9 Å². The van der Waals surface area contributed by atoms with Crippen LogP contribution in [-0.4, -0.2) is 17.0 Å². The number of carboxylic acid groups (broad SMARTS) is 1. The van der Waals surface area contributed by atoms with Crippen molar-refractivity contribution in [3.8, 4) is 0 Å². The molecule has 1 unspecified atom stereocenters. The van der Waals surface area contributed by atoms with E-state index in [0.717, 1.165) is 19.1 Å². The molecule has 0 aliphatic rings. The fraction of sp³-hybridized carbons (Fsp3) is 0.500. The van der Waals surface area contributed by atoms with Crippen LogP contribution >= 0.6 is 0 Å².